The largest absolute Gasteiger partial charge is 0.508 e. The number of aryl methyl sites for hydroxylation is 2. The molecule has 12 heavy (non-hydrogen) atoms. The summed E-state index contributed by atoms with van der Waals surface area (Å²) in [6.07, 6.45) is 1.92. The lowest BCUT2D eigenvalue weighted by atomic mass is 10.1. The zero-order valence-electron chi connectivity index (χ0n) is 7.38. The molecule has 2 nitrogen and oxygen atoms in total. The molecule has 0 aliphatic rings. The Bertz CT molecular complexity index is 258. The van der Waals surface area contributed by atoms with Crippen LogP contribution >= 0.6 is 0 Å². The van der Waals surface area contributed by atoms with Crippen LogP contribution in [0.5, 0.6) is 5.75 Å². The van der Waals surface area contributed by atoms with Crippen LogP contribution in [0.4, 0.5) is 0 Å². The Morgan fingerprint density at radius 2 is 2.17 bits per heavy atom. The zero-order chi connectivity index (χ0) is 8.97. The quantitative estimate of drug-likeness (QED) is 0.714. The van der Waals surface area contributed by atoms with Crippen LogP contribution in [-0.4, -0.2) is 11.7 Å². The molecule has 0 unspecified atom stereocenters. The Hall–Kier alpha value is -1.02. The summed E-state index contributed by atoms with van der Waals surface area (Å²) in [6, 6.07) is 5.77. The lowest BCUT2D eigenvalue weighted by Crippen LogP contribution is -2.00. The molecular formula is C10H15NO. The lowest BCUT2D eigenvalue weighted by Gasteiger charge is -2.02. The molecule has 0 saturated carbocycles. The molecule has 1 aromatic carbocycles. The molecule has 0 atom stereocenters. The van der Waals surface area contributed by atoms with E-state index in [1.54, 1.807) is 0 Å². The van der Waals surface area contributed by atoms with Crippen molar-refractivity contribution in [3.05, 3.63) is 29.3 Å². The van der Waals surface area contributed by atoms with E-state index in [-0.39, 0.29) is 0 Å². The van der Waals surface area contributed by atoms with Crippen molar-refractivity contribution in [2.24, 2.45) is 5.73 Å². The Morgan fingerprint density at radius 3 is 2.75 bits per heavy atom. The minimum absolute atomic E-state index is 0.379. The summed E-state index contributed by atoms with van der Waals surface area (Å²) in [5.41, 5.74) is 7.46. The van der Waals surface area contributed by atoms with E-state index in [1.807, 2.05) is 25.1 Å². The van der Waals surface area contributed by atoms with Crippen molar-refractivity contribution in [3.8, 4) is 5.75 Å². The molecule has 3 N–H and O–H groups in total. The molecule has 0 spiro atoms. The third-order valence-electron chi connectivity index (χ3n) is 1.94. The van der Waals surface area contributed by atoms with Gasteiger partial charge in [-0.25, -0.2) is 0 Å². The number of rotatable bonds is 3. The van der Waals surface area contributed by atoms with Crippen molar-refractivity contribution < 1.29 is 5.11 Å². The average Bonchev–Trinajstić information content (AvgIpc) is 2.07. The number of phenols is 1. The number of phenolic OH excluding ortho intramolecular Hbond substituents is 1. The van der Waals surface area contributed by atoms with Crippen LogP contribution in [0.2, 0.25) is 0 Å². The summed E-state index contributed by atoms with van der Waals surface area (Å²) in [5.74, 6) is 0.379. The number of hydrogen-bond acceptors (Lipinski definition) is 2. The lowest BCUT2D eigenvalue weighted by molar-refractivity contribution is 0.470. The third kappa shape index (κ3) is 2.24. The number of benzene rings is 1. The second-order valence-corrected chi connectivity index (χ2v) is 3.01. The Balaban J connectivity index is 2.69. The van der Waals surface area contributed by atoms with Crippen molar-refractivity contribution in [1.82, 2.24) is 0 Å². The summed E-state index contributed by atoms with van der Waals surface area (Å²) in [6.45, 7) is 2.59. The molecule has 0 saturated heterocycles. The smallest absolute Gasteiger partial charge is 0.118 e. The number of nitrogens with two attached hydrogens (primary N) is 1. The first-order valence-corrected chi connectivity index (χ1v) is 4.22. The van der Waals surface area contributed by atoms with Crippen molar-refractivity contribution in [2.75, 3.05) is 6.54 Å². The fourth-order valence-electron chi connectivity index (χ4n) is 1.12. The minimum atomic E-state index is 0.379. The highest BCUT2D eigenvalue weighted by Gasteiger charge is 1.97. The molecule has 0 aliphatic carbocycles. The Morgan fingerprint density at radius 1 is 1.42 bits per heavy atom. The molecule has 0 heterocycles. The van der Waals surface area contributed by atoms with E-state index in [9.17, 15) is 5.11 Å². The topological polar surface area (TPSA) is 46.2 Å². The second-order valence-electron chi connectivity index (χ2n) is 3.01. The van der Waals surface area contributed by atoms with Gasteiger partial charge in [0.05, 0.1) is 0 Å². The highest BCUT2D eigenvalue weighted by Crippen LogP contribution is 2.17. The first-order valence-electron chi connectivity index (χ1n) is 4.22. The predicted molar refractivity (Wildman–Crippen MR) is 50.2 cm³/mol. The van der Waals surface area contributed by atoms with Crippen LogP contribution in [0.25, 0.3) is 0 Å². The first-order chi connectivity index (χ1) is 5.74. The maximum absolute atomic E-state index is 9.37. The van der Waals surface area contributed by atoms with E-state index in [0.29, 0.717) is 12.3 Å². The zero-order valence-corrected chi connectivity index (χ0v) is 7.38. The van der Waals surface area contributed by atoms with Gasteiger partial charge in [-0.05, 0) is 43.5 Å². The van der Waals surface area contributed by atoms with E-state index in [0.717, 1.165) is 24.0 Å². The summed E-state index contributed by atoms with van der Waals surface area (Å²) in [4.78, 5) is 0. The highest BCUT2D eigenvalue weighted by atomic mass is 16.3. The van der Waals surface area contributed by atoms with Gasteiger partial charge in [0.1, 0.15) is 5.75 Å². The van der Waals surface area contributed by atoms with Gasteiger partial charge in [0.15, 0.2) is 0 Å². The van der Waals surface area contributed by atoms with Crippen LogP contribution in [0.1, 0.15) is 17.5 Å². The van der Waals surface area contributed by atoms with Gasteiger partial charge in [-0.15, -0.1) is 0 Å². The van der Waals surface area contributed by atoms with Crippen molar-refractivity contribution >= 4 is 0 Å². The molecule has 0 radical (unpaired) electrons. The molecule has 0 aliphatic heterocycles. The Kier molecular flexibility index (Phi) is 3.11. The highest BCUT2D eigenvalue weighted by molar-refractivity contribution is 5.35. The van der Waals surface area contributed by atoms with Gasteiger partial charge in [0.2, 0.25) is 0 Å². The van der Waals surface area contributed by atoms with Crippen LogP contribution in [0.15, 0.2) is 18.2 Å². The Labute approximate surface area is 73.0 Å². The monoisotopic (exact) mass is 165 g/mol. The fourth-order valence-corrected chi connectivity index (χ4v) is 1.12. The summed E-state index contributed by atoms with van der Waals surface area (Å²) >= 11 is 0. The van der Waals surface area contributed by atoms with E-state index < -0.39 is 0 Å². The molecule has 1 aromatic rings. The molecule has 2 heteroatoms. The van der Waals surface area contributed by atoms with E-state index in [4.69, 9.17) is 5.73 Å². The summed E-state index contributed by atoms with van der Waals surface area (Å²) in [5, 5.41) is 9.37. The van der Waals surface area contributed by atoms with Crippen LogP contribution in [-0.2, 0) is 6.42 Å². The molecule has 0 amide bonds. The molecule has 0 bridgehead atoms. The number of aromatic hydroxyl groups is 1. The summed E-state index contributed by atoms with van der Waals surface area (Å²) in [7, 11) is 0. The maximum Gasteiger partial charge on any atom is 0.118 e. The maximum atomic E-state index is 9.37. The molecule has 1 rings (SSSR count). The van der Waals surface area contributed by atoms with Crippen LogP contribution < -0.4 is 5.73 Å². The number of hydrogen-bond donors (Lipinski definition) is 2. The second kappa shape index (κ2) is 4.12. The van der Waals surface area contributed by atoms with E-state index in [2.05, 4.69) is 0 Å². The van der Waals surface area contributed by atoms with E-state index in [1.165, 1.54) is 0 Å². The SMILES string of the molecule is Cc1ccc(CCCN)cc1O. The molecule has 0 aromatic heterocycles. The van der Waals surface area contributed by atoms with Gasteiger partial charge in [0.25, 0.3) is 0 Å². The fraction of sp³-hybridized carbons (Fsp3) is 0.400. The normalized spacial score (nSPS) is 10.2. The van der Waals surface area contributed by atoms with Crippen LogP contribution in [0, 0.1) is 6.92 Å². The first kappa shape index (κ1) is 9.07. The molecular weight excluding hydrogens is 150 g/mol. The van der Waals surface area contributed by atoms with Crippen LogP contribution in [0.3, 0.4) is 0 Å². The van der Waals surface area contributed by atoms with Gasteiger partial charge >= 0.3 is 0 Å². The van der Waals surface area contributed by atoms with Crippen molar-refractivity contribution in [2.45, 2.75) is 19.8 Å². The van der Waals surface area contributed by atoms with Crippen molar-refractivity contribution in [1.29, 1.82) is 0 Å². The van der Waals surface area contributed by atoms with Gasteiger partial charge in [-0.1, -0.05) is 12.1 Å². The van der Waals surface area contributed by atoms with Gasteiger partial charge in [0, 0.05) is 0 Å². The third-order valence-corrected chi connectivity index (χ3v) is 1.94. The predicted octanol–water partition coefficient (Wildman–Crippen LogP) is 1.59. The minimum Gasteiger partial charge on any atom is -0.508 e. The van der Waals surface area contributed by atoms with E-state index >= 15 is 0 Å². The standard InChI is InChI=1S/C10H15NO/c1-8-4-5-9(3-2-6-11)7-10(8)12/h4-5,7,12H,2-3,6,11H2,1H3. The summed E-state index contributed by atoms with van der Waals surface area (Å²) < 4.78 is 0. The van der Waals surface area contributed by atoms with Gasteiger partial charge in [-0.2, -0.15) is 0 Å². The molecule has 66 valence electrons. The van der Waals surface area contributed by atoms with Crippen molar-refractivity contribution in [3.63, 3.8) is 0 Å². The van der Waals surface area contributed by atoms with Gasteiger partial charge in [-0.3, -0.25) is 0 Å². The van der Waals surface area contributed by atoms with Gasteiger partial charge < -0.3 is 10.8 Å². The average molecular weight is 165 g/mol. The molecule has 0 fully saturated rings.